The zero-order chi connectivity index (χ0) is 13.2. The van der Waals surface area contributed by atoms with Crippen LogP contribution < -0.4 is 15.8 Å². The standard InChI is InChI=1S/C10H18N4O2S2/c1-7-9(18(11,15)16)17-10(14-7)13-5-3-8-2-4-12-6-8/h8,12H,2-6H2,1H3,(H,13,14)(H2,11,15,16). The molecule has 4 N–H and O–H groups in total. The molecule has 0 radical (unpaired) electrons. The highest BCUT2D eigenvalue weighted by Crippen LogP contribution is 2.26. The van der Waals surface area contributed by atoms with E-state index < -0.39 is 10.0 Å². The number of aryl methyl sites for hydroxylation is 1. The normalized spacial score (nSPS) is 20.2. The van der Waals surface area contributed by atoms with Crippen molar-refractivity contribution in [3.8, 4) is 0 Å². The lowest BCUT2D eigenvalue weighted by Crippen LogP contribution is -2.12. The average molecular weight is 290 g/mol. The molecule has 2 heterocycles. The van der Waals surface area contributed by atoms with Crippen molar-refractivity contribution in [2.75, 3.05) is 25.0 Å². The van der Waals surface area contributed by atoms with Crippen molar-refractivity contribution in [1.82, 2.24) is 10.3 Å². The highest BCUT2D eigenvalue weighted by Gasteiger charge is 2.18. The number of nitrogens with zero attached hydrogens (tertiary/aromatic N) is 1. The fraction of sp³-hybridized carbons (Fsp3) is 0.700. The summed E-state index contributed by atoms with van der Waals surface area (Å²) >= 11 is 1.10. The van der Waals surface area contributed by atoms with Crippen molar-refractivity contribution in [2.24, 2.45) is 11.1 Å². The lowest BCUT2D eigenvalue weighted by Gasteiger charge is -2.07. The Morgan fingerprint density at radius 2 is 2.39 bits per heavy atom. The second-order valence-electron chi connectivity index (χ2n) is 4.51. The fourth-order valence-electron chi connectivity index (χ4n) is 2.07. The van der Waals surface area contributed by atoms with E-state index in [4.69, 9.17) is 5.14 Å². The first-order valence-corrected chi connectivity index (χ1v) is 8.28. The van der Waals surface area contributed by atoms with E-state index >= 15 is 0 Å². The number of nitrogens with one attached hydrogen (secondary N) is 2. The number of aromatic nitrogens is 1. The lowest BCUT2D eigenvalue weighted by atomic mass is 10.1. The summed E-state index contributed by atoms with van der Waals surface area (Å²) in [6, 6.07) is 0. The van der Waals surface area contributed by atoms with Gasteiger partial charge < -0.3 is 10.6 Å². The number of nitrogens with two attached hydrogens (primary N) is 1. The minimum absolute atomic E-state index is 0.146. The molecule has 18 heavy (non-hydrogen) atoms. The van der Waals surface area contributed by atoms with Gasteiger partial charge in [-0.25, -0.2) is 18.5 Å². The Balaban J connectivity index is 1.90. The number of sulfonamides is 1. The maximum absolute atomic E-state index is 11.3. The van der Waals surface area contributed by atoms with Crippen LogP contribution in [0, 0.1) is 12.8 Å². The van der Waals surface area contributed by atoms with Crippen LogP contribution in [0.3, 0.4) is 0 Å². The van der Waals surface area contributed by atoms with Crippen molar-refractivity contribution < 1.29 is 8.42 Å². The minimum Gasteiger partial charge on any atom is -0.361 e. The summed E-state index contributed by atoms with van der Waals surface area (Å²) in [5.41, 5.74) is 0.465. The van der Waals surface area contributed by atoms with Crippen molar-refractivity contribution in [1.29, 1.82) is 0 Å². The van der Waals surface area contributed by atoms with Gasteiger partial charge in [0.15, 0.2) is 9.34 Å². The molecule has 0 saturated carbocycles. The molecule has 0 amide bonds. The van der Waals surface area contributed by atoms with Crippen molar-refractivity contribution in [2.45, 2.75) is 24.0 Å². The van der Waals surface area contributed by atoms with Crippen LogP contribution >= 0.6 is 11.3 Å². The van der Waals surface area contributed by atoms with Gasteiger partial charge in [-0.2, -0.15) is 0 Å². The third-order valence-corrected chi connectivity index (χ3v) is 5.67. The predicted molar refractivity (Wildman–Crippen MR) is 72.3 cm³/mol. The smallest absolute Gasteiger partial charge is 0.249 e. The van der Waals surface area contributed by atoms with Gasteiger partial charge in [-0.15, -0.1) is 0 Å². The van der Waals surface area contributed by atoms with Gasteiger partial charge in [0.1, 0.15) is 0 Å². The molecule has 1 saturated heterocycles. The Hall–Kier alpha value is -0.700. The van der Waals surface area contributed by atoms with Gasteiger partial charge in [0.2, 0.25) is 10.0 Å². The second kappa shape index (κ2) is 5.52. The van der Waals surface area contributed by atoms with Crippen molar-refractivity contribution in [3.05, 3.63) is 5.69 Å². The topological polar surface area (TPSA) is 97.1 Å². The zero-order valence-electron chi connectivity index (χ0n) is 10.3. The first kappa shape index (κ1) is 13.7. The highest BCUT2D eigenvalue weighted by atomic mass is 32.2. The number of rotatable bonds is 5. The van der Waals surface area contributed by atoms with Crippen LogP contribution in [0.1, 0.15) is 18.5 Å². The Kier molecular flexibility index (Phi) is 4.21. The van der Waals surface area contributed by atoms with E-state index in [1.807, 2.05) is 0 Å². The maximum atomic E-state index is 11.3. The highest BCUT2D eigenvalue weighted by molar-refractivity contribution is 7.91. The van der Waals surface area contributed by atoms with Crippen LogP contribution in [-0.2, 0) is 10.0 Å². The molecule has 1 aromatic rings. The zero-order valence-corrected chi connectivity index (χ0v) is 11.9. The van der Waals surface area contributed by atoms with Gasteiger partial charge in [0.25, 0.3) is 0 Å². The molecule has 0 spiro atoms. The van der Waals surface area contributed by atoms with Gasteiger partial charge in [0.05, 0.1) is 5.69 Å². The van der Waals surface area contributed by atoms with E-state index in [9.17, 15) is 8.42 Å². The van der Waals surface area contributed by atoms with Gasteiger partial charge in [-0.05, 0) is 38.8 Å². The predicted octanol–water partition coefficient (Wildman–Crippen LogP) is 0.510. The molecule has 1 unspecified atom stereocenters. The maximum Gasteiger partial charge on any atom is 0.249 e. The first-order chi connectivity index (χ1) is 8.47. The molecule has 1 fully saturated rings. The molecule has 102 valence electrons. The molecule has 2 rings (SSSR count). The lowest BCUT2D eigenvalue weighted by molar-refractivity contribution is 0.549. The molecule has 1 aliphatic heterocycles. The van der Waals surface area contributed by atoms with Gasteiger partial charge in [-0.1, -0.05) is 11.3 Å². The second-order valence-corrected chi connectivity index (χ2v) is 7.27. The van der Waals surface area contributed by atoms with Crippen LogP contribution in [-0.4, -0.2) is 33.0 Å². The van der Waals surface area contributed by atoms with Crippen LogP contribution in [0.4, 0.5) is 5.13 Å². The molecular formula is C10H18N4O2S2. The van der Waals surface area contributed by atoms with Crippen molar-refractivity contribution in [3.63, 3.8) is 0 Å². The van der Waals surface area contributed by atoms with Crippen molar-refractivity contribution >= 4 is 26.5 Å². The van der Waals surface area contributed by atoms with Crippen LogP contribution in [0.2, 0.25) is 0 Å². The first-order valence-electron chi connectivity index (χ1n) is 5.91. The molecule has 1 atom stereocenters. The molecule has 1 aromatic heterocycles. The van der Waals surface area contributed by atoms with Crippen LogP contribution in [0.15, 0.2) is 4.21 Å². The third kappa shape index (κ3) is 3.41. The number of anilines is 1. The van der Waals surface area contributed by atoms with E-state index in [-0.39, 0.29) is 4.21 Å². The van der Waals surface area contributed by atoms with E-state index in [0.717, 1.165) is 37.4 Å². The monoisotopic (exact) mass is 290 g/mol. The number of hydrogen-bond donors (Lipinski definition) is 3. The SMILES string of the molecule is Cc1nc(NCCC2CCNC2)sc1S(N)(=O)=O. The molecule has 0 aliphatic carbocycles. The van der Waals surface area contributed by atoms with Crippen LogP contribution in [0.5, 0.6) is 0 Å². The third-order valence-electron chi connectivity index (χ3n) is 3.00. The summed E-state index contributed by atoms with van der Waals surface area (Å²) in [6.45, 7) is 4.63. The largest absolute Gasteiger partial charge is 0.361 e. The molecule has 1 aliphatic rings. The molecular weight excluding hydrogens is 272 g/mol. The Bertz CT molecular complexity index is 506. The summed E-state index contributed by atoms with van der Waals surface area (Å²) in [5, 5.41) is 12.2. The summed E-state index contributed by atoms with van der Waals surface area (Å²) in [6.07, 6.45) is 2.28. The van der Waals surface area contributed by atoms with Gasteiger partial charge in [0, 0.05) is 6.54 Å². The number of hydrogen-bond acceptors (Lipinski definition) is 6. The quantitative estimate of drug-likeness (QED) is 0.734. The average Bonchev–Trinajstić information content (AvgIpc) is 2.87. The Morgan fingerprint density at radius 1 is 1.61 bits per heavy atom. The summed E-state index contributed by atoms with van der Waals surface area (Å²) in [7, 11) is -3.65. The summed E-state index contributed by atoms with van der Waals surface area (Å²) < 4.78 is 22.7. The Labute approximate surface area is 111 Å². The van der Waals surface area contributed by atoms with E-state index in [1.54, 1.807) is 6.92 Å². The summed E-state index contributed by atoms with van der Waals surface area (Å²) in [5.74, 6) is 0.705. The summed E-state index contributed by atoms with van der Waals surface area (Å²) in [4.78, 5) is 4.17. The number of primary sulfonamides is 1. The van der Waals surface area contributed by atoms with E-state index in [2.05, 4.69) is 15.6 Å². The molecule has 0 bridgehead atoms. The van der Waals surface area contributed by atoms with Gasteiger partial charge in [-0.3, -0.25) is 0 Å². The van der Waals surface area contributed by atoms with Gasteiger partial charge >= 0.3 is 0 Å². The molecule has 6 nitrogen and oxygen atoms in total. The van der Waals surface area contributed by atoms with E-state index in [0.29, 0.717) is 16.7 Å². The van der Waals surface area contributed by atoms with E-state index in [1.165, 1.54) is 6.42 Å². The Morgan fingerprint density at radius 3 is 2.94 bits per heavy atom. The fourth-order valence-corrected chi connectivity index (χ4v) is 3.95. The minimum atomic E-state index is -3.65. The molecule has 8 heteroatoms. The number of thiazole rings is 1. The van der Waals surface area contributed by atoms with Crippen LogP contribution in [0.25, 0.3) is 0 Å². The molecule has 0 aromatic carbocycles.